The molecule has 1 heterocycles. The number of hydrogen-bond acceptors (Lipinski definition) is 6. The predicted octanol–water partition coefficient (Wildman–Crippen LogP) is 5.36. The summed E-state index contributed by atoms with van der Waals surface area (Å²) in [4.78, 5) is 29.6. The van der Waals surface area contributed by atoms with E-state index in [0.717, 1.165) is 21.9 Å². The van der Waals surface area contributed by atoms with Gasteiger partial charge in [-0.15, -0.1) is 0 Å². The van der Waals surface area contributed by atoms with Crippen LogP contribution in [0.4, 0.5) is 4.79 Å². The van der Waals surface area contributed by atoms with Gasteiger partial charge in [0.15, 0.2) is 0 Å². The van der Waals surface area contributed by atoms with E-state index in [1.807, 2.05) is 37.3 Å². The Kier molecular flexibility index (Phi) is 7.97. The number of aliphatic carboxylic acids is 1. The van der Waals surface area contributed by atoms with Gasteiger partial charge < -0.3 is 19.0 Å². The van der Waals surface area contributed by atoms with E-state index < -0.39 is 18.6 Å². The number of hydrogen-bond donors (Lipinski definition) is 1. The number of benzene rings is 3. The molecule has 0 spiro atoms. The minimum atomic E-state index is -1.13. The van der Waals surface area contributed by atoms with Crippen molar-refractivity contribution in [1.82, 2.24) is 9.88 Å². The molecule has 0 atom stereocenters. The van der Waals surface area contributed by atoms with Gasteiger partial charge in [-0.05, 0) is 48.9 Å². The minimum Gasteiger partial charge on any atom is -0.493 e. The monoisotopic (exact) mass is 486 g/mol. The molecule has 0 radical (unpaired) electrons. The van der Waals surface area contributed by atoms with E-state index in [4.69, 9.17) is 13.9 Å². The van der Waals surface area contributed by atoms with Gasteiger partial charge in [0, 0.05) is 18.5 Å². The zero-order valence-corrected chi connectivity index (χ0v) is 19.8. The third-order valence-electron chi connectivity index (χ3n) is 5.33. The number of aromatic nitrogens is 1. The summed E-state index contributed by atoms with van der Waals surface area (Å²) in [6.07, 6.45) is -0.188. The van der Waals surface area contributed by atoms with E-state index in [-0.39, 0.29) is 6.54 Å². The highest BCUT2D eigenvalue weighted by atomic mass is 16.6. The van der Waals surface area contributed by atoms with E-state index >= 15 is 0 Å². The van der Waals surface area contributed by atoms with Crippen molar-refractivity contribution in [3.8, 4) is 23.0 Å². The lowest BCUT2D eigenvalue weighted by Crippen LogP contribution is -2.37. The lowest BCUT2D eigenvalue weighted by Gasteiger charge is -2.20. The molecule has 0 aliphatic carbocycles. The molecule has 4 rings (SSSR count). The summed E-state index contributed by atoms with van der Waals surface area (Å²) in [5, 5.41) is 9.26. The fraction of sp³-hybridized carbons (Fsp3) is 0.179. The number of ether oxygens (including phenoxy) is 2. The number of para-hydroxylation sites is 1. The van der Waals surface area contributed by atoms with E-state index in [0.29, 0.717) is 36.0 Å². The van der Waals surface area contributed by atoms with Gasteiger partial charge in [0.1, 0.15) is 23.8 Å². The van der Waals surface area contributed by atoms with Crippen molar-refractivity contribution < 1.29 is 28.6 Å². The van der Waals surface area contributed by atoms with Gasteiger partial charge in [-0.25, -0.2) is 9.78 Å². The van der Waals surface area contributed by atoms with Crippen molar-refractivity contribution in [2.75, 3.05) is 13.2 Å². The first-order chi connectivity index (χ1) is 17.5. The molecule has 8 heteroatoms. The summed E-state index contributed by atoms with van der Waals surface area (Å²) >= 11 is 0. The average molecular weight is 487 g/mol. The quantitative estimate of drug-likeness (QED) is 0.322. The maximum absolute atomic E-state index is 12.6. The number of amides is 1. The summed E-state index contributed by atoms with van der Waals surface area (Å²) in [7, 11) is 0. The molecule has 1 N–H and O–H groups in total. The molecule has 1 aromatic heterocycles. The summed E-state index contributed by atoms with van der Waals surface area (Å²) < 4.78 is 17.0. The zero-order chi connectivity index (χ0) is 25.3. The first-order valence-electron chi connectivity index (χ1n) is 11.4. The maximum atomic E-state index is 12.6. The minimum absolute atomic E-state index is 0.0536. The highest BCUT2D eigenvalue weighted by Crippen LogP contribution is 2.22. The lowest BCUT2D eigenvalue weighted by molar-refractivity contribution is -0.138. The standard InChI is InChI=1S/C28H26N2O6/c1-20-25(29-27(35-20)22-10-4-2-5-11-22)15-16-34-24-14-8-9-21(17-24)18-30(19-26(31)32)28(33)36-23-12-6-3-7-13-23/h2-14,17H,15-16,18-19H2,1H3,(H,31,32). The number of rotatable bonds is 10. The molecular formula is C28H26N2O6. The molecule has 0 aliphatic heterocycles. The third kappa shape index (κ3) is 6.73. The van der Waals surface area contributed by atoms with Gasteiger partial charge in [-0.3, -0.25) is 9.69 Å². The lowest BCUT2D eigenvalue weighted by atomic mass is 10.2. The first kappa shape index (κ1) is 24.5. The second kappa shape index (κ2) is 11.7. The molecular weight excluding hydrogens is 460 g/mol. The number of oxazole rings is 1. The second-order valence-electron chi connectivity index (χ2n) is 8.06. The second-order valence-corrected chi connectivity index (χ2v) is 8.06. The van der Waals surface area contributed by atoms with Crippen molar-refractivity contribution in [3.05, 3.63) is 102 Å². The highest BCUT2D eigenvalue weighted by Gasteiger charge is 2.20. The van der Waals surface area contributed by atoms with E-state index in [2.05, 4.69) is 4.98 Å². The fourth-order valence-electron chi connectivity index (χ4n) is 3.59. The Balaban J connectivity index is 1.36. The number of nitrogens with zero attached hydrogens (tertiary/aromatic N) is 2. The van der Waals surface area contributed by atoms with Gasteiger partial charge in [0.05, 0.1) is 12.3 Å². The van der Waals surface area contributed by atoms with Gasteiger partial charge in [0.25, 0.3) is 0 Å². The molecule has 8 nitrogen and oxygen atoms in total. The van der Waals surface area contributed by atoms with Crippen molar-refractivity contribution >= 4 is 12.1 Å². The molecule has 3 aromatic carbocycles. The predicted molar refractivity (Wildman–Crippen MR) is 133 cm³/mol. The molecule has 0 unspecified atom stereocenters. The largest absolute Gasteiger partial charge is 0.493 e. The van der Waals surface area contributed by atoms with Crippen LogP contribution < -0.4 is 9.47 Å². The Morgan fingerprint density at radius 2 is 1.64 bits per heavy atom. The third-order valence-corrected chi connectivity index (χ3v) is 5.33. The van der Waals surface area contributed by atoms with E-state index in [1.165, 1.54) is 0 Å². The van der Waals surface area contributed by atoms with Gasteiger partial charge >= 0.3 is 12.1 Å². The van der Waals surface area contributed by atoms with Crippen LogP contribution in [0.1, 0.15) is 17.0 Å². The molecule has 0 fully saturated rings. The van der Waals surface area contributed by atoms with Crippen LogP contribution in [0.3, 0.4) is 0 Å². The molecule has 1 amide bonds. The zero-order valence-electron chi connectivity index (χ0n) is 19.8. The Morgan fingerprint density at radius 1 is 0.944 bits per heavy atom. The van der Waals surface area contributed by atoms with Crippen LogP contribution in [0.25, 0.3) is 11.5 Å². The Labute approximate surface area is 208 Å². The molecule has 0 saturated carbocycles. The Morgan fingerprint density at radius 3 is 2.36 bits per heavy atom. The average Bonchev–Trinajstić information content (AvgIpc) is 3.25. The van der Waals surface area contributed by atoms with E-state index in [9.17, 15) is 14.7 Å². The number of carbonyl (C=O) groups is 2. The SMILES string of the molecule is Cc1oc(-c2ccccc2)nc1CCOc1cccc(CN(CC(=O)O)C(=O)Oc2ccccc2)c1. The number of carboxylic acid groups (broad SMARTS) is 1. The van der Waals surface area contributed by atoms with Crippen LogP contribution >= 0.6 is 0 Å². The summed E-state index contributed by atoms with van der Waals surface area (Å²) in [6, 6.07) is 25.4. The van der Waals surface area contributed by atoms with Crippen LogP contribution in [0.2, 0.25) is 0 Å². The molecule has 0 aliphatic rings. The van der Waals surface area contributed by atoms with Gasteiger partial charge in [0.2, 0.25) is 5.89 Å². The number of aryl methyl sites for hydroxylation is 1. The molecule has 184 valence electrons. The normalized spacial score (nSPS) is 10.6. The summed E-state index contributed by atoms with van der Waals surface area (Å²) in [6.45, 7) is 1.81. The van der Waals surface area contributed by atoms with Crippen molar-refractivity contribution in [2.24, 2.45) is 0 Å². The molecule has 36 heavy (non-hydrogen) atoms. The Bertz CT molecular complexity index is 1300. The topological polar surface area (TPSA) is 102 Å². The maximum Gasteiger partial charge on any atom is 0.416 e. The van der Waals surface area contributed by atoms with E-state index in [1.54, 1.807) is 54.6 Å². The fourth-order valence-corrected chi connectivity index (χ4v) is 3.59. The van der Waals surface area contributed by atoms with Crippen LogP contribution in [0.15, 0.2) is 89.3 Å². The van der Waals surface area contributed by atoms with Crippen molar-refractivity contribution in [2.45, 2.75) is 19.9 Å². The summed E-state index contributed by atoms with van der Waals surface area (Å²) in [5.74, 6) is 1.13. The molecule has 4 aromatic rings. The number of carboxylic acids is 1. The highest BCUT2D eigenvalue weighted by molar-refractivity contribution is 5.78. The van der Waals surface area contributed by atoms with Gasteiger partial charge in [-0.1, -0.05) is 48.5 Å². The molecule has 0 saturated heterocycles. The van der Waals surface area contributed by atoms with Crippen molar-refractivity contribution in [1.29, 1.82) is 0 Å². The summed E-state index contributed by atoms with van der Waals surface area (Å²) in [5.41, 5.74) is 2.45. The first-order valence-corrected chi connectivity index (χ1v) is 11.4. The Hall–Kier alpha value is -4.59. The van der Waals surface area contributed by atoms with Crippen LogP contribution in [-0.2, 0) is 17.8 Å². The number of carbonyl (C=O) groups excluding carboxylic acids is 1. The van der Waals surface area contributed by atoms with Crippen LogP contribution in [0.5, 0.6) is 11.5 Å². The van der Waals surface area contributed by atoms with Gasteiger partial charge in [-0.2, -0.15) is 0 Å². The molecule has 0 bridgehead atoms. The smallest absolute Gasteiger partial charge is 0.416 e. The van der Waals surface area contributed by atoms with Crippen LogP contribution in [-0.4, -0.2) is 40.2 Å². The van der Waals surface area contributed by atoms with Crippen LogP contribution in [0, 0.1) is 6.92 Å². The van der Waals surface area contributed by atoms with Crippen molar-refractivity contribution in [3.63, 3.8) is 0 Å².